The van der Waals surface area contributed by atoms with E-state index in [1.165, 1.54) is 0 Å². The number of carbonyl (C=O) groups is 1. The van der Waals surface area contributed by atoms with Crippen LogP contribution >= 0.6 is 12.2 Å². The molecular formula is C17H25NO3S. The lowest BCUT2D eigenvalue weighted by molar-refractivity contribution is -0.140. The Morgan fingerprint density at radius 1 is 1.55 bits per heavy atom. The van der Waals surface area contributed by atoms with Crippen LogP contribution in [-0.2, 0) is 9.53 Å². The molecule has 1 saturated heterocycles. The van der Waals surface area contributed by atoms with Crippen LogP contribution in [0.4, 0.5) is 0 Å². The molecule has 0 aromatic heterocycles. The van der Waals surface area contributed by atoms with E-state index in [9.17, 15) is 9.90 Å². The fraction of sp³-hybridized carbons (Fsp3) is 0.765. The molecule has 4 nitrogen and oxygen atoms in total. The van der Waals surface area contributed by atoms with Gasteiger partial charge < -0.3 is 9.84 Å². The highest BCUT2D eigenvalue weighted by Gasteiger charge is 2.73. The number of allylic oxidation sites excluding steroid dienone is 1. The number of ether oxygens (including phenoxy) is 1. The molecule has 3 rings (SSSR count). The van der Waals surface area contributed by atoms with E-state index in [-0.39, 0.29) is 23.0 Å². The Labute approximate surface area is 137 Å². The van der Waals surface area contributed by atoms with Crippen LogP contribution in [0.2, 0.25) is 0 Å². The second kappa shape index (κ2) is 5.03. The van der Waals surface area contributed by atoms with Crippen LogP contribution in [-0.4, -0.2) is 38.8 Å². The highest BCUT2D eigenvalue weighted by atomic mass is 32.1. The van der Waals surface area contributed by atoms with Gasteiger partial charge in [0.15, 0.2) is 0 Å². The topological polar surface area (TPSA) is 49.8 Å². The zero-order valence-electron chi connectivity index (χ0n) is 13.7. The lowest BCUT2D eigenvalue weighted by Crippen LogP contribution is -2.59. The first kappa shape index (κ1) is 15.9. The minimum absolute atomic E-state index is 0.000839. The zero-order valence-corrected chi connectivity index (χ0v) is 14.5. The predicted molar refractivity (Wildman–Crippen MR) is 88.2 cm³/mol. The molecule has 5 heteroatoms. The van der Waals surface area contributed by atoms with E-state index in [4.69, 9.17) is 17.0 Å². The summed E-state index contributed by atoms with van der Waals surface area (Å²) in [6.07, 6.45) is 5.66. The predicted octanol–water partition coefficient (Wildman–Crippen LogP) is 2.65. The summed E-state index contributed by atoms with van der Waals surface area (Å²) in [7, 11) is 0. The van der Waals surface area contributed by atoms with Gasteiger partial charge >= 0.3 is 0 Å². The van der Waals surface area contributed by atoms with Crippen molar-refractivity contribution in [2.24, 2.45) is 17.3 Å². The molecule has 2 aliphatic carbocycles. The molecule has 3 aliphatic rings. The first-order chi connectivity index (χ1) is 10.3. The number of hydrogen-bond donors (Lipinski definition) is 1. The third kappa shape index (κ3) is 1.78. The Balaban J connectivity index is 1.96. The summed E-state index contributed by atoms with van der Waals surface area (Å²) in [6.45, 7) is 8.05. The summed E-state index contributed by atoms with van der Waals surface area (Å²) in [5.41, 5.74) is -0.325. The minimum Gasteiger partial charge on any atom is -0.465 e. The molecule has 22 heavy (non-hydrogen) atoms. The van der Waals surface area contributed by atoms with Crippen molar-refractivity contribution in [1.82, 2.24) is 4.90 Å². The molecule has 1 aliphatic heterocycles. The van der Waals surface area contributed by atoms with Crippen molar-refractivity contribution in [1.29, 1.82) is 0 Å². The fourth-order valence-electron chi connectivity index (χ4n) is 4.90. The van der Waals surface area contributed by atoms with Crippen molar-refractivity contribution >= 4 is 23.3 Å². The van der Waals surface area contributed by atoms with Crippen LogP contribution in [0.25, 0.3) is 0 Å². The van der Waals surface area contributed by atoms with Crippen molar-refractivity contribution in [3.8, 4) is 0 Å². The van der Waals surface area contributed by atoms with E-state index < -0.39 is 12.0 Å². The molecular weight excluding hydrogens is 298 g/mol. The van der Waals surface area contributed by atoms with Gasteiger partial charge in [0, 0.05) is 0 Å². The van der Waals surface area contributed by atoms with Gasteiger partial charge in [0.25, 0.3) is 5.17 Å². The number of amides is 1. The van der Waals surface area contributed by atoms with E-state index >= 15 is 0 Å². The van der Waals surface area contributed by atoms with Gasteiger partial charge in [-0.2, -0.15) is 0 Å². The second-order valence-corrected chi connectivity index (χ2v) is 7.82. The third-order valence-electron chi connectivity index (χ3n) is 6.38. The van der Waals surface area contributed by atoms with Gasteiger partial charge in [-0.15, -0.1) is 0 Å². The molecule has 3 fully saturated rings. The Hall–Kier alpha value is -0.940. The van der Waals surface area contributed by atoms with Gasteiger partial charge in [-0.25, -0.2) is 0 Å². The van der Waals surface area contributed by atoms with Crippen LogP contribution in [0.1, 0.15) is 47.0 Å². The average Bonchev–Trinajstić information content (AvgIpc) is 2.97. The third-order valence-corrected chi connectivity index (χ3v) is 6.66. The van der Waals surface area contributed by atoms with Crippen LogP contribution < -0.4 is 0 Å². The molecule has 122 valence electrons. The fourth-order valence-corrected chi connectivity index (χ4v) is 5.27. The maximum Gasteiger partial charge on any atom is 0.267 e. The quantitative estimate of drug-likeness (QED) is 0.641. The van der Waals surface area contributed by atoms with Gasteiger partial charge in [0.1, 0.15) is 6.10 Å². The maximum absolute atomic E-state index is 13.0. The monoisotopic (exact) mass is 323 g/mol. The number of carbonyl (C=O) groups excluding carboxylic acids is 1. The Kier molecular flexibility index (Phi) is 3.64. The van der Waals surface area contributed by atoms with Crippen molar-refractivity contribution in [2.75, 3.05) is 0 Å². The van der Waals surface area contributed by atoms with Gasteiger partial charge in [-0.1, -0.05) is 32.9 Å². The van der Waals surface area contributed by atoms with Crippen LogP contribution in [0.3, 0.4) is 0 Å². The van der Waals surface area contributed by atoms with E-state index in [1.807, 2.05) is 6.92 Å². The van der Waals surface area contributed by atoms with Crippen molar-refractivity contribution in [3.63, 3.8) is 0 Å². The Morgan fingerprint density at radius 3 is 2.82 bits per heavy atom. The van der Waals surface area contributed by atoms with E-state index in [1.54, 1.807) is 24.0 Å². The molecule has 0 aromatic carbocycles. The van der Waals surface area contributed by atoms with E-state index in [2.05, 4.69) is 13.8 Å². The molecule has 1 spiro atoms. The molecule has 1 heterocycles. The number of aliphatic hydroxyl groups excluding tert-OH is 1. The molecule has 0 unspecified atom stereocenters. The van der Waals surface area contributed by atoms with Crippen LogP contribution in [0, 0.1) is 17.3 Å². The number of rotatable bonds is 3. The SMILES string of the molecule is C/C=C/[C@@H](O)[C@H](C)C(=O)N1C(=S)O[C@@H]2C[C@H]3CC[C@]21C3(C)C. The number of fused-ring (bicyclic) bond motifs is 1. The van der Waals surface area contributed by atoms with Gasteiger partial charge in [-0.3, -0.25) is 9.69 Å². The highest BCUT2D eigenvalue weighted by molar-refractivity contribution is 7.80. The summed E-state index contributed by atoms with van der Waals surface area (Å²) in [5, 5.41) is 10.4. The molecule has 2 saturated carbocycles. The lowest BCUT2D eigenvalue weighted by Gasteiger charge is -2.43. The number of hydrogen-bond acceptors (Lipinski definition) is 4. The highest BCUT2D eigenvalue weighted by Crippen LogP contribution is 2.66. The summed E-state index contributed by atoms with van der Waals surface area (Å²) < 4.78 is 5.91. The normalized spacial score (nSPS) is 38.2. The first-order valence-electron chi connectivity index (χ1n) is 8.13. The number of thiocarbonyl (C=S) groups is 1. The van der Waals surface area contributed by atoms with Crippen molar-refractivity contribution in [3.05, 3.63) is 12.2 Å². The first-order valence-corrected chi connectivity index (χ1v) is 8.53. The molecule has 2 bridgehead atoms. The lowest BCUT2D eigenvalue weighted by atomic mass is 9.74. The number of aliphatic hydroxyl groups is 1. The molecule has 0 radical (unpaired) electrons. The zero-order chi connectivity index (χ0) is 16.3. The number of nitrogens with zero attached hydrogens (tertiary/aromatic N) is 1. The van der Waals surface area contributed by atoms with Gasteiger partial charge in [-0.05, 0) is 49.7 Å². The van der Waals surface area contributed by atoms with Crippen molar-refractivity contribution < 1.29 is 14.6 Å². The van der Waals surface area contributed by atoms with Crippen LogP contribution in [0.5, 0.6) is 0 Å². The maximum atomic E-state index is 13.0. The van der Waals surface area contributed by atoms with Gasteiger partial charge in [0.2, 0.25) is 5.91 Å². The van der Waals surface area contributed by atoms with E-state index in [0.717, 1.165) is 19.3 Å². The summed E-state index contributed by atoms with van der Waals surface area (Å²) >= 11 is 5.38. The standard InChI is InChI=1S/C17H25NO3S/c1-5-6-12(19)10(2)14(20)18-15(22)21-13-9-11-7-8-17(13,18)16(11,3)4/h5-6,10-13,19H,7-9H2,1-4H3/b6-5+/t10-,11+,12+,13+,17+/m0/s1. The molecule has 1 amide bonds. The minimum atomic E-state index is -0.794. The van der Waals surface area contributed by atoms with Crippen molar-refractivity contribution in [2.45, 2.75) is 64.7 Å². The van der Waals surface area contributed by atoms with Crippen LogP contribution in [0.15, 0.2) is 12.2 Å². The molecule has 5 atom stereocenters. The molecule has 1 N–H and O–H groups in total. The summed E-state index contributed by atoms with van der Waals surface area (Å²) in [4.78, 5) is 14.8. The smallest absolute Gasteiger partial charge is 0.267 e. The largest absolute Gasteiger partial charge is 0.465 e. The Morgan fingerprint density at radius 2 is 2.23 bits per heavy atom. The second-order valence-electron chi connectivity index (χ2n) is 7.47. The summed E-state index contributed by atoms with van der Waals surface area (Å²) in [5.74, 6) is -0.0679. The van der Waals surface area contributed by atoms with Gasteiger partial charge in [0.05, 0.1) is 17.6 Å². The average molecular weight is 323 g/mol. The molecule has 0 aromatic rings. The Bertz CT molecular complexity index is 544. The summed E-state index contributed by atoms with van der Waals surface area (Å²) in [6, 6.07) is 0. The van der Waals surface area contributed by atoms with E-state index in [0.29, 0.717) is 11.1 Å².